The van der Waals surface area contributed by atoms with Gasteiger partial charge < -0.3 is 10.5 Å². The molecule has 2 N–H and O–H groups in total. The number of hydrogen-bond donors (Lipinski definition) is 1. The van der Waals surface area contributed by atoms with E-state index < -0.39 is 0 Å². The molecule has 0 aliphatic heterocycles. The van der Waals surface area contributed by atoms with Crippen molar-refractivity contribution in [1.29, 1.82) is 0 Å². The van der Waals surface area contributed by atoms with Crippen LogP contribution in [0.3, 0.4) is 0 Å². The van der Waals surface area contributed by atoms with Crippen LogP contribution in [0.1, 0.15) is 33.9 Å². The lowest BCUT2D eigenvalue weighted by atomic mass is 9.92. The predicted molar refractivity (Wildman–Crippen MR) is 95.1 cm³/mol. The normalized spacial score (nSPS) is 12.3. The van der Waals surface area contributed by atoms with Gasteiger partial charge in [0.25, 0.3) is 0 Å². The van der Waals surface area contributed by atoms with Gasteiger partial charge in [0, 0.05) is 14.5 Å². The monoisotopic (exact) mass is 411 g/mol. The number of halogens is 2. The molecule has 4 heteroatoms. The maximum absolute atomic E-state index is 6.55. The molecule has 112 valence electrons. The fraction of sp³-hybridized carbons (Fsp3) is 0.294. The summed E-state index contributed by atoms with van der Waals surface area (Å²) >= 11 is 7.23. The fourth-order valence-electron chi connectivity index (χ4n) is 2.56. The highest BCUT2D eigenvalue weighted by Gasteiger charge is 2.22. The van der Waals surface area contributed by atoms with Crippen LogP contribution in [0.4, 0.5) is 0 Å². The van der Waals surface area contributed by atoms with Gasteiger partial charge in [-0.25, -0.2) is 0 Å². The van der Waals surface area contributed by atoms with E-state index in [1.807, 2.05) is 6.92 Å². The van der Waals surface area contributed by atoms with Gasteiger partial charge in [-0.3, -0.25) is 0 Å². The van der Waals surface area contributed by atoms with Crippen LogP contribution < -0.4 is 10.5 Å². The van der Waals surface area contributed by atoms with Gasteiger partial charge in [0.1, 0.15) is 5.75 Å². The van der Waals surface area contributed by atoms with Crippen LogP contribution in [0.5, 0.6) is 5.75 Å². The van der Waals surface area contributed by atoms with Crippen molar-refractivity contribution in [1.82, 2.24) is 0 Å². The van der Waals surface area contributed by atoms with Crippen molar-refractivity contribution in [2.75, 3.05) is 7.11 Å². The summed E-state index contributed by atoms with van der Waals surface area (Å²) in [5, 5.41) is 0. The van der Waals surface area contributed by atoms with E-state index in [0.717, 1.165) is 36.9 Å². The summed E-state index contributed by atoms with van der Waals surface area (Å²) in [7, 11) is 1.69. The number of hydrogen-bond acceptors (Lipinski definition) is 2. The average Bonchev–Trinajstić information content (AvgIpc) is 2.41. The number of nitrogens with two attached hydrogens (primary N) is 1. The van der Waals surface area contributed by atoms with Crippen LogP contribution in [0.25, 0.3) is 0 Å². The quantitative estimate of drug-likeness (QED) is 0.752. The van der Waals surface area contributed by atoms with Crippen LogP contribution in [0, 0.1) is 20.8 Å². The Balaban J connectivity index is 2.65. The minimum absolute atomic E-state index is 0.244. The topological polar surface area (TPSA) is 35.2 Å². The lowest BCUT2D eigenvalue weighted by molar-refractivity contribution is 0.404. The highest BCUT2D eigenvalue weighted by molar-refractivity contribution is 9.10. The van der Waals surface area contributed by atoms with Crippen molar-refractivity contribution in [3.8, 4) is 5.75 Å². The maximum atomic E-state index is 6.55. The zero-order valence-corrected chi connectivity index (χ0v) is 15.8. The Morgan fingerprint density at radius 2 is 1.71 bits per heavy atom. The summed E-state index contributed by atoms with van der Waals surface area (Å²) in [6, 6.07) is 8.05. The van der Waals surface area contributed by atoms with Crippen molar-refractivity contribution >= 4 is 31.9 Å². The summed E-state index contributed by atoms with van der Waals surface area (Å²) in [6.45, 7) is 6.15. The van der Waals surface area contributed by atoms with E-state index >= 15 is 0 Å². The molecule has 0 bridgehead atoms. The molecule has 2 rings (SSSR count). The number of benzene rings is 2. The van der Waals surface area contributed by atoms with Gasteiger partial charge in [-0.2, -0.15) is 0 Å². The molecule has 0 amide bonds. The van der Waals surface area contributed by atoms with E-state index in [1.54, 1.807) is 7.11 Å². The standard InChI is InChI=1S/C17H19Br2NO/c1-9-5-6-12(14(19)7-9)16(20)15-11(3)13(18)8-10(2)17(15)21-4/h5-8,16H,20H2,1-4H3. The molecule has 0 radical (unpaired) electrons. The second-order valence-corrected chi connectivity index (χ2v) is 6.96. The van der Waals surface area contributed by atoms with Crippen molar-refractivity contribution in [3.63, 3.8) is 0 Å². The Labute approximate surface area is 143 Å². The van der Waals surface area contributed by atoms with Gasteiger partial charge in [-0.05, 0) is 55.2 Å². The van der Waals surface area contributed by atoms with Crippen LogP contribution in [-0.4, -0.2) is 7.11 Å². The third-order valence-electron chi connectivity index (χ3n) is 3.71. The molecule has 0 aliphatic carbocycles. The van der Waals surface area contributed by atoms with Crippen molar-refractivity contribution < 1.29 is 4.74 Å². The summed E-state index contributed by atoms with van der Waals surface area (Å²) in [6.07, 6.45) is 0. The van der Waals surface area contributed by atoms with Gasteiger partial charge in [0.15, 0.2) is 0 Å². The Morgan fingerprint density at radius 3 is 2.29 bits per heavy atom. The lowest BCUT2D eigenvalue weighted by Crippen LogP contribution is -2.16. The molecule has 0 spiro atoms. The molecule has 0 heterocycles. The smallest absolute Gasteiger partial charge is 0.127 e. The third kappa shape index (κ3) is 3.17. The Morgan fingerprint density at radius 1 is 1.05 bits per heavy atom. The second kappa shape index (κ2) is 6.51. The first-order valence-electron chi connectivity index (χ1n) is 6.72. The van der Waals surface area contributed by atoms with E-state index in [1.165, 1.54) is 5.56 Å². The molecule has 21 heavy (non-hydrogen) atoms. The highest BCUT2D eigenvalue weighted by atomic mass is 79.9. The first kappa shape index (κ1) is 16.5. The van der Waals surface area contributed by atoms with Gasteiger partial charge in [0.2, 0.25) is 0 Å². The molecular weight excluding hydrogens is 394 g/mol. The number of rotatable bonds is 3. The van der Waals surface area contributed by atoms with Gasteiger partial charge in [-0.15, -0.1) is 0 Å². The second-order valence-electron chi connectivity index (χ2n) is 5.25. The molecule has 0 aromatic heterocycles. The van der Waals surface area contributed by atoms with Crippen molar-refractivity contribution in [2.24, 2.45) is 5.73 Å². The number of methoxy groups -OCH3 is 1. The van der Waals surface area contributed by atoms with E-state index in [0.29, 0.717) is 0 Å². The van der Waals surface area contributed by atoms with E-state index in [-0.39, 0.29) is 6.04 Å². The minimum Gasteiger partial charge on any atom is -0.496 e. The van der Waals surface area contributed by atoms with Crippen molar-refractivity contribution in [2.45, 2.75) is 26.8 Å². The molecular formula is C17H19Br2NO. The molecule has 1 unspecified atom stereocenters. The van der Waals surface area contributed by atoms with E-state index in [4.69, 9.17) is 10.5 Å². The summed E-state index contributed by atoms with van der Waals surface area (Å²) in [5.74, 6) is 0.857. The zero-order valence-electron chi connectivity index (χ0n) is 12.6. The van der Waals surface area contributed by atoms with Crippen LogP contribution in [0.15, 0.2) is 33.2 Å². The summed E-state index contributed by atoms with van der Waals surface area (Å²) < 4.78 is 7.67. The first-order valence-corrected chi connectivity index (χ1v) is 8.30. The van der Waals surface area contributed by atoms with Crippen molar-refractivity contribution in [3.05, 3.63) is 61.0 Å². The number of ether oxygens (including phenoxy) is 1. The lowest BCUT2D eigenvalue weighted by Gasteiger charge is -2.22. The first-order chi connectivity index (χ1) is 9.86. The third-order valence-corrected chi connectivity index (χ3v) is 5.22. The fourth-order valence-corrected chi connectivity index (χ4v) is 3.86. The molecule has 2 nitrogen and oxygen atoms in total. The molecule has 0 saturated carbocycles. The maximum Gasteiger partial charge on any atom is 0.127 e. The predicted octanol–water partition coefficient (Wildman–Crippen LogP) is 5.19. The summed E-state index contributed by atoms with van der Waals surface area (Å²) in [4.78, 5) is 0. The Hall–Kier alpha value is -0.840. The van der Waals surface area contributed by atoms with Gasteiger partial charge in [0.05, 0.1) is 13.2 Å². The number of aryl methyl sites for hydroxylation is 2. The minimum atomic E-state index is -0.244. The van der Waals surface area contributed by atoms with Gasteiger partial charge in [-0.1, -0.05) is 44.0 Å². The Kier molecular flexibility index (Phi) is 5.12. The molecule has 0 fully saturated rings. The SMILES string of the molecule is COc1c(C)cc(Br)c(C)c1C(N)c1ccc(C)cc1Br. The molecule has 2 aromatic rings. The van der Waals surface area contributed by atoms with Gasteiger partial charge >= 0.3 is 0 Å². The average molecular weight is 413 g/mol. The van der Waals surface area contributed by atoms with Crippen LogP contribution >= 0.6 is 31.9 Å². The zero-order chi connectivity index (χ0) is 15.7. The Bertz CT molecular complexity index is 683. The van der Waals surface area contributed by atoms with Crippen LogP contribution in [-0.2, 0) is 0 Å². The van der Waals surface area contributed by atoms with E-state index in [2.05, 4.69) is 70.0 Å². The summed E-state index contributed by atoms with van der Waals surface area (Å²) in [5.41, 5.74) is 12.0. The largest absolute Gasteiger partial charge is 0.496 e. The molecule has 0 aliphatic rings. The highest BCUT2D eigenvalue weighted by Crippen LogP contribution is 2.39. The van der Waals surface area contributed by atoms with E-state index in [9.17, 15) is 0 Å². The molecule has 0 saturated heterocycles. The molecule has 1 atom stereocenters. The molecule has 2 aromatic carbocycles. The van der Waals surface area contributed by atoms with Crippen LogP contribution in [0.2, 0.25) is 0 Å².